The molecule has 0 saturated carbocycles. The number of aliphatic carboxylic acids is 3. The molecule has 1 saturated heterocycles. The highest BCUT2D eigenvalue weighted by Gasteiger charge is 2.36. The number of nitrogens with one attached hydrogen (secondary N) is 1. The average molecular weight is 491 g/mol. The lowest BCUT2D eigenvalue weighted by atomic mass is 10.0. The molecule has 1 aliphatic rings. The maximum atomic E-state index is 12.7. The van der Waals surface area contributed by atoms with Gasteiger partial charge in [0.1, 0.15) is 12.1 Å². The van der Waals surface area contributed by atoms with Gasteiger partial charge in [-0.25, -0.2) is 4.79 Å². The lowest BCUT2D eigenvalue weighted by Crippen LogP contribution is -2.53. The standard InChI is InChI=1S/C20H28N2O5.C4H4O4/c1-3-27-20(26)16(12-11-15-8-5-4-6-9-15)21-14(2)18(23)22-13-7-10-17(22)19(24)25;5-3(6)1-2-4(7)8/h4-6,8-9,14,16-17,21H,3,7,10-13H2,1-2H3,(H,24,25);1-2H,(H,5,6)(H,7,8)/p-2/b;2-1-/t14-,16-,17-;/m0./s1. The van der Waals surface area contributed by atoms with E-state index in [1.54, 1.807) is 13.8 Å². The Morgan fingerprint density at radius 1 is 1.14 bits per heavy atom. The van der Waals surface area contributed by atoms with Crippen molar-refractivity contribution in [1.82, 2.24) is 10.2 Å². The van der Waals surface area contributed by atoms with E-state index in [1.807, 2.05) is 30.3 Å². The van der Waals surface area contributed by atoms with Gasteiger partial charge in [0.2, 0.25) is 5.91 Å². The number of rotatable bonds is 11. The quantitative estimate of drug-likeness (QED) is 0.278. The SMILES string of the molecule is CCOC(=O)[C@H](CCc1ccccc1)N[C@@H](C)C(=O)N1CCC[C@H]1C(=O)O.O=C([O-])/C=C\C(=O)[O-]. The molecule has 2 rings (SSSR count). The number of nitrogens with zero attached hydrogens (tertiary/aromatic N) is 1. The number of carbonyl (C=O) groups excluding carboxylic acids is 4. The summed E-state index contributed by atoms with van der Waals surface area (Å²) in [7, 11) is 0. The van der Waals surface area contributed by atoms with Crippen LogP contribution in [0, 0.1) is 0 Å². The van der Waals surface area contributed by atoms with Gasteiger partial charge in [0.05, 0.1) is 24.6 Å². The highest BCUT2D eigenvalue weighted by atomic mass is 16.5. The normalized spacial score (nSPS) is 16.6. The summed E-state index contributed by atoms with van der Waals surface area (Å²) in [4.78, 5) is 56.6. The van der Waals surface area contributed by atoms with E-state index in [2.05, 4.69) is 5.32 Å². The molecule has 2 N–H and O–H groups in total. The molecule has 1 aromatic carbocycles. The third-order valence-corrected chi connectivity index (χ3v) is 5.13. The van der Waals surface area contributed by atoms with Crippen LogP contribution in [-0.2, 0) is 35.1 Å². The first-order chi connectivity index (χ1) is 16.6. The number of esters is 1. The number of hydrogen-bond donors (Lipinski definition) is 2. The van der Waals surface area contributed by atoms with Crippen LogP contribution in [0.25, 0.3) is 0 Å². The van der Waals surface area contributed by atoms with Crippen molar-refractivity contribution in [2.75, 3.05) is 13.2 Å². The van der Waals surface area contributed by atoms with Crippen molar-refractivity contribution in [1.29, 1.82) is 0 Å². The zero-order chi connectivity index (χ0) is 26.4. The molecule has 1 amide bonds. The minimum Gasteiger partial charge on any atom is -0.545 e. The Morgan fingerprint density at radius 2 is 1.74 bits per heavy atom. The molecule has 0 radical (unpaired) electrons. The third kappa shape index (κ3) is 10.8. The second kappa shape index (κ2) is 15.2. The molecule has 35 heavy (non-hydrogen) atoms. The van der Waals surface area contributed by atoms with E-state index in [9.17, 15) is 39.3 Å². The summed E-state index contributed by atoms with van der Waals surface area (Å²) in [5.41, 5.74) is 1.10. The van der Waals surface area contributed by atoms with Crippen LogP contribution in [0.5, 0.6) is 0 Å². The first-order valence-corrected chi connectivity index (χ1v) is 11.2. The maximum Gasteiger partial charge on any atom is 0.326 e. The summed E-state index contributed by atoms with van der Waals surface area (Å²) in [6, 6.07) is 7.69. The second-order valence-corrected chi connectivity index (χ2v) is 7.72. The van der Waals surface area contributed by atoms with E-state index >= 15 is 0 Å². The van der Waals surface area contributed by atoms with E-state index in [0.717, 1.165) is 5.56 Å². The minimum absolute atomic E-state index is 0.262. The fourth-order valence-electron chi connectivity index (χ4n) is 3.51. The predicted octanol–water partition coefficient (Wildman–Crippen LogP) is -1.35. The van der Waals surface area contributed by atoms with Crippen LogP contribution in [0.15, 0.2) is 42.5 Å². The van der Waals surface area contributed by atoms with Gasteiger partial charge in [-0.1, -0.05) is 30.3 Å². The van der Waals surface area contributed by atoms with Crippen LogP contribution in [0.4, 0.5) is 0 Å². The van der Waals surface area contributed by atoms with Gasteiger partial charge < -0.3 is 34.5 Å². The number of ether oxygens (including phenoxy) is 1. The van der Waals surface area contributed by atoms with Crippen LogP contribution in [-0.4, -0.2) is 71.1 Å². The fraction of sp³-hybridized carbons (Fsp3) is 0.458. The van der Waals surface area contributed by atoms with Gasteiger partial charge in [0.15, 0.2) is 0 Å². The van der Waals surface area contributed by atoms with E-state index in [1.165, 1.54) is 4.90 Å². The van der Waals surface area contributed by atoms with E-state index < -0.39 is 42.0 Å². The number of carbonyl (C=O) groups is 5. The van der Waals surface area contributed by atoms with Crippen molar-refractivity contribution in [2.24, 2.45) is 0 Å². The van der Waals surface area contributed by atoms with Crippen LogP contribution in [0.1, 0.15) is 38.7 Å². The van der Waals surface area contributed by atoms with Gasteiger partial charge in [-0.2, -0.15) is 0 Å². The van der Waals surface area contributed by atoms with Crippen LogP contribution >= 0.6 is 0 Å². The van der Waals surface area contributed by atoms with Crippen molar-refractivity contribution in [3.8, 4) is 0 Å². The molecule has 0 unspecified atom stereocenters. The first kappa shape index (κ1) is 29.3. The number of likely N-dealkylation sites (tertiary alicyclic amines) is 1. The van der Waals surface area contributed by atoms with Crippen molar-refractivity contribution >= 4 is 29.8 Å². The Bertz CT molecular complexity index is 886. The predicted molar refractivity (Wildman–Crippen MR) is 119 cm³/mol. The maximum absolute atomic E-state index is 12.7. The Hall–Kier alpha value is -3.73. The summed E-state index contributed by atoms with van der Waals surface area (Å²) in [6.45, 7) is 4.09. The molecule has 1 fully saturated rings. The number of aryl methyl sites for hydroxylation is 1. The highest BCUT2D eigenvalue weighted by molar-refractivity contribution is 5.88. The van der Waals surface area contributed by atoms with Crippen LogP contribution < -0.4 is 15.5 Å². The molecule has 3 atom stereocenters. The molecular formula is C24H30N2O9-2. The van der Waals surface area contributed by atoms with Crippen molar-refractivity contribution < 1.29 is 44.0 Å². The first-order valence-electron chi connectivity index (χ1n) is 11.2. The number of carboxylic acids is 3. The summed E-state index contributed by atoms with van der Waals surface area (Å²) < 4.78 is 5.14. The van der Waals surface area contributed by atoms with E-state index in [-0.39, 0.29) is 12.5 Å². The molecule has 0 bridgehead atoms. The summed E-state index contributed by atoms with van der Waals surface area (Å²) in [5.74, 6) is -4.78. The van der Waals surface area contributed by atoms with Gasteiger partial charge in [-0.05, 0) is 57.2 Å². The van der Waals surface area contributed by atoms with Crippen LogP contribution in [0.3, 0.4) is 0 Å². The van der Waals surface area contributed by atoms with Gasteiger partial charge in [0, 0.05) is 6.54 Å². The largest absolute Gasteiger partial charge is 0.545 e. The molecule has 0 aliphatic carbocycles. The second-order valence-electron chi connectivity index (χ2n) is 7.72. The summed E-state index contributed by atoms with van der Waals surface area (Å²) in [5, 5.41) is 31.2. The smallest absolute Gasteiger partial charge is 0.326 e. The van der Waals surface area contributed by atoms with Crippen molar-refractivity contribution in [2.45, 2.75) is 57.7 Å². The van der Waals surface area contributed by atoms with Crippen molar-refractivity contribution in [3.63, 3.8) is 0 Å². The van der Waals surface area contributed by atoms with Crippen LogP contribution in [0.2, 0.25) is 0 Å². The van der Waals surface area contributed by atoms with Crippen molar-refractivity contribution in [3.05, 3.63) is 48.0 Å². The fourth-order valence-corrected chi connectivity index (χ4v) is 3.51. The molecule has 1 heterocycles. The number of amides is 1. The Kier molecular flexibility index (Phi) is 12.7. The van der Waals surface area contributed by atoms with Gasteiger partial charge in [0.25, 0.3) is 0 Å². The lowest BCUT2D eigenvalue weighted by molar-refractivity contribution is -0.301. The molecule has 11 nitrogen and oxygen atoms in total. The minimum atomic E-state index is -1.55. The Labute approximate surface area is 203 Å². The topological polar surface area (TPSA) is 176 Å². The Morgan fingerprint density at radius 3 is 2.26 bits per heavy atom. The molecule has 0 aromatic heterocycles. The molecule has 1 aliphatic heterocycles. The number of benzene rings is 1. The number of carboxylic acid groups (broad SMARTS) is 3. The zero-order valence-corrected chi connectivity index (χ0v) is 19.7. The monoisotopic (exact) mass is 490 g/mol. The lowest BCUT2D eigenvalue weighted by Gasteiger charge is -2.27. The van der Waals surface area contributed by atoms with E-state index in [0.29, 0.717) is 44.4 Å². The van der Waals surface area contributed by atoms with Gasteiger partial charge >= 0.3 is 11.9 Å². The van der Waals surface area contributed by atoms with Gasteiger partial charge in [-0.3, -0.25) is 14.9 Å². The zero-order valence-electron chi connectivity index (χ0n) is 19.7. The molecule has 0 spiro atoms. The average Bonchev–Trinajstić information content (AvgIpc) is 3.31. The highest BCUT2D eigenvalue weighted by Crippen LogP contribution is 2.19. The third-order valence-electron chi connectivity index (χ3n) is 5.13. The van der Waals surface area contributed by atoms with Gasteiger partial charge in [-0.15, -0.1) is 0 Å². The molecule has 11 heteroatoms. The Balaban J connectivity index is 0.000000658. The summed E-state index contributed by atoms with van der Waals surface area (Å²) in [6.07, 6.45) is 3.06. The number of hydrogen-bond acceptors (Lipinski definition) is 9. The summed E-state index contributed by atoms with van der Waals surface area (Å²) >= 11 is 0. The molecule has 1 aromatic rings. The molecular weight excluding hydrogens is 460 g/mol. The van der Waals surface area contributed by atoms with E-state index in [4.69, 9.17) is 4.74 Å². The molecule has 192 valence electrons.